The standard InChI is InChI=1S/C20H28ClN5O3/c1-3-4-9-26-18(21)16(14(2)23-26)7-8-17(27)24-10-12-25(13-11-24)20(29)19(28)22-15-5-6-15/h7-8,15H,3-6,9-13H2,1-2H3,(H,22,28). The van der Waals surface area contributed by atoms with Crippen LogP contribution in [0.4, 0.5) is 0 Å². The zero-order valence-corrected chi connectivity index (χ0v) is 17.7. The summed E-state index contributed by atoms with van der Waals surface area (Å²) in [5.74, 6) is -1.20. The van der Waals surface area contributed by atoms with Crippen LogP contribution in [0.3, 0.4) is 0 Å². The SMILES string of the molecule is CCCCn1nc(C)c(C=CC(=O)N2CCN(C(=O)C(=O)NC3CC3)CC2)c1Cl. The molecule has 2 heterocycles. The maximum absolute atomic E-state index is 12.5. The van der Waals surface area contributed by atoms with Gasteiger partial charge in [0.25, 0.3) is 0 Å². The molecule has 158 valence electrons. The molecule has 1 saturated heterocycles. The van der Waals surface area contributed by atoms with Crippen LogP contribution in [0.25, 0.3) is 6.08 Å². The van der Waals surface area contributed by atoms with Crippen LogP contribution in [0.15, 0.2) is 6.08 Å². The summed E-state index contributed by atoms with van der Waals surface area (Å²) in [6.45, 7) is 6.23. The molecule has 1 saturated carbocycles. The van der Waals surface area contributed by atoms with Gasteiger partial charge in [0.1, 0.15) is 5.15 Å². The number of nitrogens with one attached hydrogen (secondary N) is 1. The summed E-state index contributed by atoms with van der Waals surface area (Å²) in [5, 5.41) is 7.68. The van der Waals surface area contributed by atoms with E-state index >= 15 is 0 Å². The number of carbonyl (C=O) groups is 3. The lowest BCUT2D eigenvalue weighted by molar-refractivity contribution is -0.148. The summed E-state index contributed by atoms with van der Waals surface area (Å²) in [6.07, 6.45) is 7.12. The van der Waals surface area contributed by atoms with Gasteiger partial charge in [0.15, 0.2) is 0 Å². The number of hydrogen-bond acceptors (Lipinski definition) is 4. The van der Waals surface area contributed by atoms with E-state index in [2.05, 4.69) is 17.3 Å². The van der Waals surface area contributed by atoms with Crippen LogP contribution in [-0.4, -0.2) is 69.5 Å². The summed E-state index contributed by atoms with van der Waals surface area (Å²) in [4.78, 5) is 39.8. The largest absolute Gasteiger partial charge is 0.345 e. The molecule has 8 nitrogen and oxygen atoms in total. The molecule has 0 unspecified atom stereocenters. The van der Waals surface area contributed by atoms with E-state index in [-0.39, 0.29) is 11.9 Å². The van der Waals surface area contributed by atoms with Gasteiger partial charge in [0.05, 0.1) is 5.69 Å². The smallest absolute Gasteiger partial charge is 0.312 e. The molecular weight excluding hydrogens is 394 g/mol. The number of aromatic nitrogens is 2. The topological polar surface area (TPSA) is 87.5 Å². The minimum atomic E-state index is -0.544. The van der Waals surface area contributed by atoms with E-state index in [1.54, 1.807) is 15.7 Å². The van der Waals surface area contributed by atoms with Crippen molar-refractivity contribution in [2.24, 2.45) is 0 Å². The van der Waals surface area contributed by atoms with Gasteiger partial charge in [-0.15, -0.1) is 0 Å². The number of halogens is 1. The molecule has 3 amide bonds. The third-order valence-corrected chi connectivity index (χ3v) is 5.61. The number of nitrogens with zero attached hydrogens (tertiary/aromatic N) is 4. The van der Waals surface area contributed by atoms with Crippen molar-refractivity contribution in [2.75, 3.05) is 26.2 Å². The van der Waals surface area contributed by atoms with E-state index in [1.165, 1.54) is 11.0 Å². The first-order valence-electron chi connectivity index (χ1n) is 10.2. The fourth-order valence-corrected chi connectivity index (χ4v) is 3.54. The van der Waals surface area contributed by atoms with Crippen LogP contribution in [-0.2, 0) is 20.9 Å². The first kappa shape index (κ1) is 21.4. The van der Waals surface area contributed by atoms with Crippen LogP contribution >= 0.6 is 11.6 Å². The molecule has 0 aromatic carbocycles. The minimum Gasteiger partial charge on any atom is -0.345 e. The second-order valence-electron chi connectivity index (χ2n) is 7.57. The number of aryl methyl sites for hydroxylation is 2. The Bertz CT molecular complexity index is 807. The molecule has 0 radical (unpaired) electrons. The highest BCUT2D eigenvalue weighted by atomic mass is 35.5. The van der Waals surface area contributed by atoms with Crippen molar-refractivity contribution in [3.05, 3.63) is 22.5 Å². The Balaban J connectivity index is 1.52. The van der Waals surface area contributed by atoms with Gasteiger partial charge in [-0.25, -0.2) is 0 Å². The molecule has 0 spiro atoms. The Labute approximate surface area is 175 Å². The average Bonchev–Trinajstić information content (AvgIpc) is 3.49. The molecule has 1 aromatic rings. The number of piperazine rings is 1. The Kier molecular flexibility index (Phi) is 6.95. The highest BCUT2D eigenvalue weighted by Gasteiger charge is 2.31. The number of carbonyl (C=O) groups excluding carboxylic acids is 3. The molecule has 2 fully saturated rings. The average molecular weight is 422 g/mol. The van der Waals surface area contributed by atoms with Gasteiger partial charge < -0.3 is 15.1 Å². The highest BCUT2D eigenvalue weighted by Crippen LogP contribution is 2.22. The fraction of sp³-hybridized carbons (Fsp3) is 0.600. The predicted molar refractivity (Wildman–Crippen MR) is 110 cm³/mol. The van der Waals surface area contributed by atoms with E-state index < -0.39 is 11.8 Å². The molecule has 2 aliphatic rings. The maximum atomic E-state index is 12.5. The van der Waals surface area contributed by atoms with Gasteiger partial charge >= 0.3 is 11.8 Å². The Morgan fingerprint density at radius 2 is 1.83 bits per heavy atom. The van der Waals surface area contributed by atoms with Gasteiger partial charge in [-0.3, -0.25) is 19.1 Å². The maximum Gasteiger partial charge on any atom is 0.312 e. The summed E-state index contributed by atoms with van der Waals surface area (Å²) in [5.41, 5.74) is 1.54. The van der Waals surface area contributed by atoms with Crippen LogP contribution in [0.5, 0.6) is 0 Å². The van der Waals surface area contributed by atoms with Gasteiger partial charge in [0.2, 0.25) is 5.91 Å². The number of unbranched alkanes of at least 4 members (excludes halogenated alkanes) is 1. The van der Waals surface area contributed by atoms with Crippen LogP contribution in [0.1, 0.15) is 43.9 Å². The predicted octanol–water partition coefficient (Wildman–Crippen LogP) is 1.61. The van der Waals surface area contributed by atoms with Crippen molar-refractivity contribution >= 4 is 35.4 Å². The number of rotatable bonds is 6. The third-order valence-electron chi connectivity index (χ3n) is 5.21. The zero-order valence-electron chi connectivity index (χ0n) is 17.0. The Hall–Kier alpha value is -2.35. The summed E-state index contributed by atoms with van der Waals surface area (Å²) < 4.78 is 1.77. The quantitative estimate of drug-likeness (QED) is 0.558. The molecule has 1 aliphatic heterocycles. The van der Waals surface area contributed by atoms with Gasteiger partial charge in [-0.2, -0.15) is 5.10 Å². The van der Waals surface area contributed by atoms with E-state index in [0.29, 0.717) is 31.3 Å². The second-order valence-corrected chi connectivity index (χ2v) is 7.92. The Morgan fingerprint density at radius 3 is 2.45 bits per heavy atom. The van der Waals surface area contributed by atoms with E-state index in [0.717, 1.165) is 43.5 Å². The first-order valence-corrected chi connectivity index (χ1v) is 10.6. The second kappa shape index (κ2) is 9.43. The van der Waals surface area contributed by atoms with Gasteiger partial charge in [-0.05, 0) is 32.3 Å². The Morgan fingerprint density at radius 1 is 1.17 bits per heavy atom. The summed E-state index contributed by atoms with van der Waals surface area (Å²) in [7, 11) is 0. The van der Waals surface area contributed by atoms with E-state index in [9.17, 15) is 14.4 Å². The van der Waals surface area contributed by atoms with Gasteiger partial charge in [-0.1, -0.05) is 24.9 Å². The van der Waals surface area contributed by atoms with Crippen molar-refractivity contribution in [2.45, 2.75) is 52.1 Å². The molecule has 29 heavy (non-hydrogen) atoms. The van der Waals surface area contributed by atoms with Crippen molar-refractivity contribution in [1.29, 1.82) is 0 Å². The lowest BCUT2D eigenvalue weighted by Crippen LogP contribution is -2.53. The summed E-state index contributed by atoms with van der Waals surface area (Å²) >= 11 is 6.40. The van der Waals surface area contributed by atoms with Crippen molar-refractivity contribution in [3.8, 4) is 0 Å². The normalized spacial score (nSPS) is 17.1. The van der Waals surface area contributed by atoms with E-state index in [4.69, 9.17) is 11.6 Å². The molecule has 1 aromatic heterocycles. The van der Waals surface area contributed by atoms with Crippen molar-refractivity contribution in [1.82, 2.24) is 24.9 Å². The van der Waals surface area contributed by atoms with E-state index in [1.807, 2.05) is 6.92 Å². The molecular formula is C20H28ClN5O3. The molecule has 9 heteroatoms. The van der Waals surface area contributed by atoms with Crippen molar-refractivity contribution in [3.63, 3.8) is 0 Å². The zero-order chi connectivity index (χ0) is 21.0. The lowest BCUT2D eigenvalue weighted by Gasteiger charge is -2.33. The van der Waals surface area contributed by atoms with Crippen LogP contribution < -0.4 is 5.32 Å². The molecule has 0 bridgehead atoms. The minimum absolute atomic E-state index is 0.142. The van der Waals surface area contributed by atoms with Crippen LogP contribution in [0.2, 0.25) is 5.15 Å². The van der Waals surface area contributed by atoms with Crippen molar-refractivity contribution < 1.29 is 14.4 Å². The summed E-state index contributed by atoms with van der Waals surface area (Å²) in [6, 6.07) is 0.154. The first-order chi connectivity index (χ1) is 13.9. The third kappa shape index (κ3) is 5.38. The molecule has 1 aliphatic carbocycles. The number of amides is 3. The lowest BCUT2D eigenvalue weighted by atomic mass is 10.2. The molecule has 3 rings (SSSR count). The highest BCUT2D eigenvalue weighted by molar-refractivity contribution is 6.35. The van der Waals surface area contributed by atoms with Crippen LogP contribution in [0, 0.1) is 6.92 Å². The van der Waals surface area contributed by atoms with Gasteiger partial charge in [0, 0.05) is 50.4 Å². The molecule has 1 N–H and O–H groups in total. The fourth-order valence-electron chi connectivity index (χ4n) is 3.22. The number of hydrogen-bond donors (Lipinski definition) is 1. The molecule has 0 atom stereocenters. The monoisotopic (exact) mass is 421 g/mol.